The van der Waals surface area contributed by atoms with E-state index in [0.29, 0.717) is 48.2 Å². The molecule has 1 aromatic carbocycles. The van der Waals surface area contributed by atoms with Crippen molar-refractivity contribution in [3.05, 3.63) is 57.5 Å². The molecule has 0 spiro atoms. The van der Waals surface area contributed by atoms with E-state index < -0.39 is 17.7 Å². The highest BCUT2D eigenvalue weighted by Gasteiger charge is 2.44. The maximum Gasteiger partial charge on any atom is 0.290 e. The highest BCUT2D eigenvalue weighted by Crippen LogP contribution is 2.42. The van der Waals surface area contributed by atoms with Crippen LogP contribution < -0.4 is 9.47 Å². The molecule has 1 aliphatic heterocycles. The molecule has 0 saturated carbocycles. The van der Waals surface area contributed by atoms with E-state index in [2.05, 4.69) is 0 Å². The highest BCUT2D eigenvalue weighted by molar-refractivity contribution is 7.12. The van der Waals surface area contributed by atoms with E-state index in [1.165, 1.54) is 11.3 Å². The van der Waals surface area contributed by atoms with Crippen LogP contribution in [0.2, 0.25) is 0 Å². The highest BCUT2D eigenvalue weighted by atomic mass is 32.1. The van der Waals surface area contributed by atoms with Crippen molar-refractivity contribution < 1.29 is 24.2 Å². The fourth-order valence-corrected chi connectivity index (χ4v) is 4.23. The molecule has 2 heterocycles. The predicted octanol–water partition coefficient (Wildman–Crippen LogP) is 3.69. The van der Waals surface area contributed by atoms with Gasteiger partial charge in [0.1, 0.15) is 0 Å². The van der Waals surface area contributed by atoms with Crippen LogP contribution in [0.3, 0.4) is 0 Å². The Hall–Kier alpha value is -2.84. The Kier molecular flexibility index (Phi) is 7.35. The van der Waals surface area contributed by atoms with Crippen LogP contribution in [0, 0.1) is 0 Å². The van der Waals surface area contributed by atoms with Gasteiger partial charge in [-0.05, 0) is 57.1 Å². The largest absolute Gasteiger partial charge is 0.503 e. The Morgan fingerprint density at radius 2 is 1.87 bits per heavy atom. The molecule has 1 aromatic heterocycles. The van der Waals surface area contributed by atoms with Crippen molar-refractivity contribution >= 4 is 23.0 Å². The maximum atomic E-state index is 13.3. The van der Waals surface area contributed by atoms with Crippen molar-refractivity contribution in [2.45, 2.75) is 19.9 Å². The van der Waals surface area contributed by atoms with Gasteiger partial charge in [-0.3, -0.25) is 9.59 Å². The number of ether oxygens (including phenoxy) is 2. The quantitative estimate of drug-likeness (QED) is 0.563. The van der Waals surface area contributed by atoms with Gasteiger partial charge in [0.05, 0.1) is 29.7 Å². The molecule has 3 rings (SSSR count). The fourth-order valence-electron chi connectivity index (χ4n) is 3.55. The van der Waals surface area contributed by atoms with Gasteiger partial charge < -0.3 is 24.4 Å². The number of carbonyl (C=O) groups excluding carboxylic acids is 2. The fraction of sp³-hybridized carbons (Fsp3) is 0.391. The number of ketones is 1. The molecule has 0 aliphatic carbocycles. The molecule has 1 amide bonds. The molecule has 0 radical (unpaired) electrons. The number of amides is 1. The lowest BCUT2D eigenvalue weighted by molar-refractivity contribution is -0.129. The standard InChI is InChI=1S/C23H28N2O5S/c1-5-29-16-10-9-15(14-17(16)30-6-2)20-19(21(26)18-8-7-13-31-18)22(27)23(28)25(20)12-11-24(3)4/h7-10,13-14,20,27H,5-6,11-12H2,1-4H3/t20-/m1/s1. The zero-order valence-corrected chi connectivity index (χ0v) is 19.1. The smallest absolute Gasteiger partial charge is 0.290 e. The average Bonchev–Trinajstić information content (AvgIpc) is 3.36. The number of nitrogens with zero attached hydrogens (tertiary/aromatic N) is 2. The molecule has 1 atom stereocenters. The van der Waals surface area contributed by atoms with Gasteiger partial charge in [0.15, 0.2) is 17.3 Å². The lowest BCUT2D eigenvalue weighted by atomic mass is 9.95. The van der Waals surface area contributed by atoms with Crippen LogP contribution in [0.5, 0.6) is 11.5 Å². The minimum Gasteiger partial charge on any atom is -0.503 e. The zero-order valence-electron chi connectivity index (χ0n) is 18.3. The van der Waals surface area contributed by atoms with Gasteiger partial charge in [-0.1, -0.05) is 12.1 Å². The van der Waals surface area contributed by atoms with Crippen molar-refractivity contribution in [2.24, 2.45) is 0 Å². The number of aliphatic hydroxyl groups is 1. The molecule has 0 saturated heterocycles. The molecular formula is C23H28N2O5S. The number of thiophene rings is 1. The second-order valence-corrected chi connectivity index (χ2v) is 8.29. The number of likely N-dealkylation sites (N-methyl/N-ethyl adjacent to an activating group) is 1. The second kappa shape index (κ2) is 9.98. The van der Waals surface area contributed by atoms with Gasteiger partial charge >= 0.3 is 0 Å². The summed E-state index contributed by atoms with van der Waals surface area (Å²) in [4.78, 5) is 30.2. The van der Waals surface area contributed by atoms with Gasteiger partial charge in [-0.25, -0.2) is 0 Å². The van der Waals surface area contributed by atoms with Gasteiger partial charge in [0, 0.05) is 13.1 Å². The first-order chi connectivity index (χ1) is 14.9. The SMILES string of the molecule is CCOc1ccc([C@@H]2C(C(=O)c3cccs3)=C(O)C(=O)N2CCN(C)C)cc1OCC. The van der Waals surface area contributed by atoms with Crippen LogP contribution in [0.15, 0.2) is 47.0 Å². The summed E-state index contributed by atoms with van der Waals surface area (Å²) in [6, 6.07) is 8.14. The van der Waals surface area contributed by atoms with E-state index in [1.54, 1.807) is 34.5 Å². The molecule has 166 valence electrons. The topological polar surface area (TPSA) is 79.3 Å². The molecule has 8 heteroatoms. The molecule has 31 heavy (non-hydrogen) atoms. The number of hydrogen-bond acceptors (Lipinski definition) is 7. The molecule has 0 fully saturated rings. The molecule has 7 nitrogen and oxygen atoms in total. The summed E-state index contributed by atoms with van der Waals surface area (Å²) in [5, 5.41) is 12.5. The van der Waals surface area contributed by atoms with E-state index in [-0.39, 0.29) is 11.4 Å². The van der Waals surface area contributed by atoms with Crippen molar-refractivity contribution in [1.82, 2.24) is 9.80 Å². The monoisotopic (exact) mass is 444 g/mol. The first kappa shape index (κ1) is 22.8. The first-order valence-corrected chi connectivity index (χ1v) is 11.1. The molecule has 0 bridgehead atoms. The third-order valence-corrected chi connectivity index (χ3v) is 5.83. The Labute approximate surface area is 186 Å². The number of hydrogen-bond donors (Lipinski definition) is 1. The average molecular weight is 445 g/mol. The number of aliphatic hydroxyl groups excluding tert-OH is 1. The van der Waals surface area contributed by atoms with Crippen LogP contribution in [-0.2, 0) is 4.79 Å². The van der Waals surface area contributed by atoms with Crippen molar-refractivity contribution in [3.63, 3.8) is 0 Å². The number of carbonyl (C=O) groups is 2. The molecule has 0 unspecified atom stereocenters. The van der Waals surface area contributed by atoms with Crippen LogP contribution in [0.4, 0.5) is 0 Å². The van der Waals surface area contributed by atoms with Gasteiger partial charge in [0.25, 0.3) is 5.91 Å². The van der Waals surface area contributed by atoms with Gasteiger partial charge in [-0.2, -0.15) is 0 Å². The van der Waals surface area contributed by atoms with Crippen LogP contribution in [0.1, 0.15) is 35.1 Å². The summed E-state index contributed by atoms with van der Waals surface area (Å²) in [5.74, 6) is -0.245. The Balaban J connectivity index is 2.09. The Morgan fingerprint density at radius 3 is 2.48 bits per heavy atom. The molecule has 1 N–H and O–H groups in total. The summed E-state index contributed by atoms with van der Waals surface area (Å²) in [6.45, 7) is 5.64. The minimum absolute atomic E-state index is 0.0952. The van der Waals surface area contributed by atoms with E-state index in [4.69, 9.17) is 9.47 Å². The Morgan fingerprint density at radius 1 is 1.16 bits per heavy atom. The van der Waals surface area contributed by atoms with Crippen molar-refractivity contribution in [2.75, 3.05) is 40.4 Å². The number of Topliss-reactive ketones (excluding diaryl/α,β-unsaturated/α-hetero) is 1. The van der Waals surface area contributed by atoms with E-state index in [0.717, 1.165) is 0 Å². The normalized spacial score (nSPS) is 16.4. The Bertz CT molecular complexity index is 968. The summed E-state index contributed by atoms with van der Waals surface area (Å²) in [6.07, 6.45) is 0. The van der Waals surface area contributed by atoms with Crippen LogP contribution in [0.25, 0.3) is 0 Å². The summed E-state index contributed by atoms with van der Waals surface area (Å²) in [7, 11) is 3.81. The van der Waals surface area contributed by atoms with Gasteiger partial charge in [0.2, 0.25) is 5.78 Å². The van der Waals surface area contributed by atoms with Crippen molar-refractivity contribution in [3.8, 4) is 11.5 Å². The summed E-state index contributed by atoms with van der Waals surface area (Å²) in [5.41, 5.74) is 0.778. The predicted molar refractivity (Wildman–Crippen MR) is 120 cm³/mol. The number of rotatable bonds is 10. The van der Waals surface area contributed by atoms with E-state index in [9.17, 15) is 14.7 Å². The molecule has 2 aromatic rings. The summed E-state index contributed by atoms with van der Waals surface area (Å²) < 4.78 is 11.4. The van der Waals surface area contributed by atoms with Crippen LogP contribution >= 0.6 is 11.3 Å². The lowest BCUT2D eigenvalue weighted by Crippen LogP contribution is -2.36. The van der Waals surface area contributed by atoms with E-state index in [1.807, 2.05) is 38.9 Å². The van der Waals surface area contributed by atoms with Crippen molar-refractivity contribution in [1.29, 1.82) is 0 Å². The molecule has 1 aliphatic rings. The first-order valence-electron chi connectivity index (χ1n) is 10.3. The summed E-state index contributed by atoms with van der Waals surface area (Å²) >= 11 is 1.28. The third-order valence-electron chi connectivity index (χ3n) is 4.96. The minimum atomic E-state index is -0.711. The second-order valence-electron chi connectivity index (χ2n) is 7.35. The van der Waals surface area contributed by atoms with E-state index >= 15 is 0 Å². The maximum absolute atomic E-state index is 13.3. The lowest BCUT2D eigenvalue weighted by Gasteiger charge is -2.28. The zero-order chi connectivity index (χ0) is 22.5. The third kappa shape index (κ3) is 4.75. The van der Waals surface area contributed by atoms with Gasteiger partial charge in [-0.15, -0.1) is 11.3 Å². The number of benzene rings is 1. The molecular weight excluding hydrogens is 416 g/mol. The van der Waals surface area contributed by atoms with Crippen LogP contribution in [-0.4, -0.2) is 67.0 Å².